The number of aromatic nitrogens is 2. The standard InChI is InChI=1S/C14H23N3O3/c1-11(17-10-4-8-16-17)13(20)15-9-7-14(2,3)6-5-12(18)19/h4,8,10-11H,5-7,9H2,1-3H3,(H,15,20)(H,18,19). The molecule has 1 amide bonds. The lowest BCUT2D eigenvalue weighted by Gasteiger charge is -2.24. The normalized spacial score (nSPS) is 12.9. The molecular weight excluding hydrogens is 258 g/mol. The van der Waals surface area contributed by atoms with Crippen molar-refractivity contribution in [3.63, 3.8) is 0 Å². The van der Waals surface area contributed by atoms with Gasteiger partial charge in [-0.2, -0.15) is 5.10 Å². The van der Waals surface area contributed by atoms with Crippen molar-refractivity contribution in [2.75, 3.05) is 6.54 Å². The first-order valence-corrected chi connectivity index (χ1v) is 6.80. The molecule has 0 aromatic carbocycles. The number of nitrogens with zero attached hydrogens (tertiary/aromatic N) is 2. The van der Waals surface area contributed by atoms with Gasteiger partial charge in [0, 0.05) is 25.4 Å². The van der Waals surface area contributed by atoms with Crippen LogP contribution in [-0.4, -0.2) is 33.3 Å². The van der Waals surface area contributed by atoms with Crippen LogP contribution >= 0.6 is 0 Å². The number of rotatable bonds is 8. The van der Waals surface area contributed by atoms with Gasteiger partial charge in [0.2, 0.25) is 5.91 Å². The molecule has 112 valence electrons. The number of carboxylic acid groups (broad SMARTS) is 1. The van der Waals surface area contributed by atoms with Crippen LogP contribution in [0.1, 0.15) is 46.1 Å². The van der Waals surface area contributed by atoms with Crippen LogP contribution in [0.2, 0.25) is 0 Å². The molecule has 1 aromatic heterocycles. The van der Waals surface area contributed by atoms with Crippen LogP contribution in [0.5, 0.6) is 0 Å². The molecule has 20 heavy (non-hydrogen) atoms. The van der Waals surface area contributed by atoms with Gasteiger partial charge in [-0.25, -0.2) is 0 Å². The van der Waals surface area contributed by atoms with Crippen molar-refractivity contribution < 1.29 is 14.7 Å². The maximum Gasteiger partial charge on any atom is 0.303 e. The molecule has 0 radical (unpaired) electrons. The topological polar surface area (TPSA) is 84.2 Å². The number of carbonyl (C=O) groups excluding carboxylic acids is 1. The number of nitrogens with one attached hydrogen (secondary N) is 1. The summed E-state index contributed by atoms with van der Waals surface area (Å²) >= 11 is 0. The average Bonchev–Trinajstić information content (AvgIpc) is 2.89. The monoisotopic (exact) mass is 281 g/mol. The zero-order chi connectivity index (χ0) is 15.2. The SMILES string of the molecule is CC(C(=O)NCCC(C)(C)CCC(=O)O)n1cccn1. The molecule has 0 saturated heterocycles. The summed E-state index contributed by atoms with van der Waals surface area (Å²) in [5.74, 6) is -0.864. The van der Waals surface area contributed by atoms with E-state index < -0.39 is 5.97 Å². The summed E-state index contributed by atoms with van der Waals surface area (Å²) in [6.07, 6.45) is 4.90. The van der Waals surface area contributed by atoms with E-state index in [1.54, 1.807) is 30.1 Å². The van der Waals surface area contributed by atoms with Crippen LogP contribution in [-0.2, 0) is 9.59 Å². The smallest absolute Gasteiger partial charge is 0.303 e. The Morgan fingerprint density at radius 1 is 1.40 bits per heavy atom. The van der Waals surface area contributed by atoms with E-state index in [-0.39, 0.29) is 23.8 Å². The number of hydrogen-bond acceptors (Lipinski definition) is 3. The lowest BCUT2D eigenvalue weighted by atomic mass is 9.84. The highest BCUT2D eigenvalue weighted by Crippen LogP contribution is 2.26. The minimum Gasteiger partial charge on any atom is -0.481 e. The van der Waals surface area contributed by atoms with Gasteiger partial charge >= 0.3 is 5.97 Å². The number of amides is 1. The molecule has 0 aliphatic heterocycles. The highest BCUT2D eigenvalue weighted by Gasteiger charge is 2.20. The second-order valence-corrected chi connectivity index (χ2v) is 5.76. The summed E-state index contributed by atoms with van der Waals surface area (Å²) in [6, 6.07) is 1.44. The van der Waals surface area contributed by atoms with Gasteiger partial charge in [0.05, 0.1) is 0 Å². The van der Waals surface area contributed by atoms with Crippen LogP contribution in [0.4, 0.5) is 0 Å². The predicted molar refractivity (Wildman–Crippen MR) is 75.2 cm³/mol. The lowest BCUT2D eigenvalue weighted by molar-refractivity contribution is -0.137. The third-order valence-electron chi connectivity index (χ3n) is 3.42. The summed E-state index contributed by atoms with van der Waals surface area (Å²) in [4.78, 5) is 22.5. The number of aliphatic carboxylic acids is 1. The van der Waals surface area contributed by atoms with Crippen LogP contribution < -0.4 is 5.32 Å². The largest absolute Gasteiger partial charge is 0.481 e. The van der Waals surface area contributed by atoms with Gasteiger partial charge in [-0.3, -0.25) is 14.3 Å². The van der Waals surface area contributed by atoms with Crippen LogP contribution in [0, 0.1) is 5.41 Å². The molecule has 0 aliphatic rings. The van der Waals surface area contributed by atoms with E-state index >= 15 is 0 Å². The van der Waals surface area contributed by atoms with Gasteiger partial charge in [0.1, 0.15) is 6.04 Å². The fourth-order valence-corrected chi connectivity index (χ4v) is 1.87. The molecule has 0 aliphatic carbocycles. The lowest BCUT2D eigenvalue weighted by Crippen LogP contribution is -2.33. The van der Waals surface area contributed by atoms with E-state index in [1.165, 1.54) is 0 Å². The quantitative estimate of drug-likeness (QED) is 0.761. The zero-order valence-corrected chi connectivity index (χ0v) is 12.3. The Balaban J connectivity index is 2.32. The summed E-state index contributed by atoms with van der Waals surface area (Å²) < 4.78 is 1.60. The minimum absolute atomic E-state index is 0.0808. The number of carboxylic acids is 1. The fraction of sp³-hybridized carbons (Fsp3) is 0.643. The van der Waals surface area contributed by atoms with Crippen LogP contribution in [0.3, 0.4) is 0 Å². The van der Waals surface area contributed by atoms with Crippen LogP contribution in [0.15, 0.2) is 18.5 Å². The number of hydrogen-bond donors (Lipinski definition) is 2. The molecule has 1 heterocycles. The third kappa shape index (κ3) is 5.42. The van der Waals surface area contributed by atoms with E-state index in [2.05, 4.69) is 10.4 Å². The van der Waals surface area contributed by atoms with Crippen molar-refractivity contribution in [2.24, 2.45) is 5.41 Å². The van der Waals surface area contributed by atoms with E-state index in [1.807, 2.05) is 13.8 Å². The van der Waals surface area contributed by atoms with Crippen molar-refractivity contribution >= 4 is 11.9 Å². The van der Waals surface area contributed by atoms with E-state index in [0.29, 0.717) is 13.0 Å². The minimum atomic E-state index is -0.783. The Hall–Kier alpha value is -1.85. The third-order valence-corrected chi connectivity index (χ3v) is 3.42. The zero-order valence-electron chi connectivity index (χ0n) is 12.3. The molecule has 1 atom stereocenters. The second-order valence-electron chi connectivity index (χ2n) is 5.76. The van der Waals surface area contributed by atoms with Gasteiger partial charge in [-0.1, -0.05) is 13.8 Å². The molecule has 1 rings (SSSR count). The molecule has 0 fully saturated rings. The van der Waals surface area contributed by atoms with Gasteiger partial charge in [0.25, 0.3) is 0 Å². The number of carbonyl (C=O) groups is 2. The highest BCUT2D eigenvalue weighted by molar-refractivity contribution is 5.79. The van der Waals surface area contributed by atoms with Gasteiger partial charge in [-0.15, -0.1) is 0 Å². The molecule has 6 heteroatoms. The second kappa shape index (κ2) is 7.07. The Bertz CT molecular complexity index is 441. The average molecular weight is 281 g/mol. The Kier molecular flexibility index (Phi) is 5.73. The van der Waals surface area contributed by atoms with Crippen molar-refractivity contribution in [1.29, 1.82) is 0 Å². The van der Waals surface area contributed by atoms with E-state index in [0.717, 1.165) is 6.42 Å². The molecule has 0 saturated carbocycles. The maximum atomic E-state index is 11.9. The van der Waals surface area contributed by atoms with Crippen molar-refractivity contribution in [2.45, 2.75) is 46.1 Å². The Morgan fingerprint density at radius 2 is 2.10 bits per heavy atom. The first kappa shape index (κ1) is 16.2. The van der Waals surface area contributed by atoms with Gasteiger partial charge < -0.3 is 10.4 Å². The first-order valence-electron chi connectivity index (χ1n) is 6.80. The molecule has 0 bridgehead atoms. The Morgan fingerprint density at radius 3 is 2.65 bits per heavy atom. The summed E-state index contributed by atoms with van der Waals surface area (Å²) in [5.41, 5.74) is -0.0966. The summed E-state index contributed by atoms with van der Waals surface area (Å²) in [7, 11) is 0. The molecule has 1 unspecified atom stereocenters. The molecular formula is C14H23N3O3. The van der Waals surface area contributed by atoms with Crippen molar-refractivity contribution in [1.82, 2.24) is 15.1 Å². The molecule has 0 spiro atoms. The highest BCUT2D eigenvalue weighted by atomic mass is 16.4. The molecule has 6 nitrogen and oxygen atoms in total. The summed E-state index contributed by atoms with van der Waals surface area (Å²) in [5, 5.41) is 15.6. The Labute approximate surface area is 119 Å². The fourth-order valence-electron chi connectivity index (χ4n) is 1.87. The van der Waals surface area contributed by atoms with Crippen LogP contribution in [0.25, 0.3) is 0 Å². The predicted octanol–water partition coefficient (Wildman–Crippen LogP) is 1.84. The van der Waals surface area contributed by atoms with E-state index in [4.69, 9.17) is 5.11 Å². The molecule has 1 aromatic rings. The first-order chi connectivity index (χ1) is 9.32. The van der Waals surface area contributed by atoms with E-state index in [9.17, 15) is 9.59 Å². The van der Waals surface area contributed by atoms with Gasteiger partial charge in [-0.05, 0) is 31.2 Å². The van der Waals surface area contributed by atoms with Crippen molar-refractivity contribution in [3.8, 4) is 0 Å². The molecule has 2 N–H and O–H groups in total. The summed E-state index contributed by atoms with van der Waals surface area (Å²) in [6.45, 7) is 6.35. The van der Waals surface area contributed by atoms with Gasteiger partial charge in [0.15, 0.2) is 0 Å². The van der Waals surface area contributed by atoms with Crippen molar-refractivity contribution in [3.05, 3.63) is 18.5 Å². The maximum absolute atomic E-state index is 11.9.